The highest BCUT2D eigenvalue weighted by molar-refractivity contribution is 5.13. The molecule has 0 amide bonds. The van der Waals surface area contributed by atoms with Gasteiger partial charge in [-0.05, 0) is 47.3 Å². The molecule has 16 heavy (non-hydrogen) atoms. The molecule has 0 aliphatic heterocycles. The average Bonchev–Trinajstić information content (AvgIpc) is 2.19. The molecule has 0 radical (unpaired) electrons. The quantitative estimate of drug-likeness (QED) is 0.601. The Labute approximate surface area is 103 Å². The number of rotatable bonds is 4. The molecule has 1 saturated carbocycles. The lowest BCUT2D eigenvalue weighted by molar-refractivity contribution is -0.236. The molecule has 1 fully saturated rings. The fraction of sp³-hybridized carbons (Fsp3) is 1.00. The number of hydrogen-bond acceptors (Lipinski definition) is 0. The van der Waals surface area contributed by atoms with Gasteiger partial charge in [-0.3, -0.25) is 0 Å². The molecule has 0 unspecified atom stereocenters. The summed E-state index contributed by atoms with van der Waals surface area (Å²) in [5, 5.41) is 0. The van der Waals surface area contributed by atoms with E-state index in [1.54, 1.807) is 0 Å². The van der Waals surface area contributed by atoms with Gasteiger partial charge in [-0.2, -0.15) is 0 Å². The minimum atomic E-state index is 0.598. The van der Waals surface area contributed by atoms with Crippen LogP contribution in [0.1, 0.15) is 68.2 Å². The third-order valence-electron chi connectivity index (χ3n) is 6.60. The largest absolute Gasteiger partial charge is 0.0648 e. The fourth-order valence-corrected chi connectivity index (χ4v) is 5.70. The Kier molecular flexibility index (Phi) is 3.82. The summed E-state index contributed by atoms with van der Waals surface area (Å²) in [6.45, 7) is 19.5. The van der Waals surface area contributed by atoms with Crippen LogP contribution in [0.15, 0.2) is 0 Å². The van der Waals surface area contributed by atoms with E-state index in [0.29, 0.717) is 10.8 Å². The maximum atomic E-state index is 2.52. The van der Waals surface area contributed by atoms with Gasteiger partial charge in [0.05, 0.1) is 0 Å². The summed E-state index contributed by atoms with van der Waals surface area (Å²) in [5.74, 6) is 3.40. The van der Waals surface area contributed by atoms with E-state index in [9.17, 15) is 0 Å². The van der Waals surface area contributed by atoms with Crippen molar-refractivity contribution in [2.75, 3.05) is 0 Å². The van der Waals surface area contributed by atoms with Crippen LogP contribution >= 0.6 is 0 Å². The van der Waals surface area contributed by atoms with Crippen LogP contribution in [0.4, 0.5) is 0 Å². The molecular weight excluding hydrogens is 192 g/mol. The summed E-state index contributed by atoms with van der Waals surface area (Å²) in [6, 6.07) is 0. The minimum absolute atomic E-state index is 0.598. The summed E-state index contributed by atoms with van der Waals surface area (Å²) in [5.41, 5.74) is 1.20. The van der Waals surface area contributed by atoms with E-state index in [2.05, 4.69) is 55.4 Å². The molecule has 0 atom stereocenters. The second-order valence-corrected chi connectivity index (χ2v) is 6.68. The van der Waals surface area contributed by atoms with E-state index in [4.69, 9.17) is 0 Å². The van der Waals surface area contributed by atoms with E-state index in [1.807, 2.05) is 0 Å². The van der Waals surface area contributed by atoms with Crippen molar-refractivity contribution in [2.24, 2.45) is 34.5 Å². The molecule has 1 aliphatic rings. The van der Waals surface area contributed by atoms with Gasteiger partial charge in [0.15, 0.2) is 0 Å². The van der Waals surface area contributed by atoms with Crippen LogP contribution in [0.5, 0.6) is 0 Å². The molecule has 1 aliphatic carbocycles. The molecule has 0 heteroatoms. The van der Waals surface area contributed by atoms with Gasteiger partial charge in [0.25, 0.3) is 0 Å². The summed E-state index contributed by atoms with van der Waals surface area (Å²) in [4.78, 5) is 0. The maximum Gasteiger partial charge on any atom is -0.0215 e. The van der Waals surface area contributed by atoms with Crippen LogP contribution in [-0.4, -0.2) is 0 Å². The van der Waals surface area contributed by atoms with Gasteiger partial charge < -0.3 is 0 Å². The van der Waals surface area contributed by atoms with Crippen LogP contribution < -0.4 is 0 Å². The topological polar surface area (TPSA) is 0 Å². The van der Waals surface area contributed by atoms with Crippen LogP contribution in [0.3, 0.4) is 0 Å². The lowest BCUT2D eigenvalue weighted by atomic mass is 9.33. The van der Waals surface area contributed by atoms with Crippen molar-refractivity contribution in [1.29, 1.82) is 0 Å². The SMILES string of the molecule is CCC1(C(C)C)C(C)C(CC)(C(C)C)C1C. The zero-order valence-electron chi connectivity index (χ0n) is 12.7. The van der Waals surface area contributed by atoms with Crippen LogP contribution in [0.2, 0.25) is 0 Å². The summed E-state index contributed by atoms with van der Waals surface area (Å²) in [7, 11) is 0. The summed E-state index contributed by atoms with van der Waals surface area (Å²) >= 11 is 0. The molecule has 0 nitrogen and oxygen atoms in total. The van der Waals surface area contributed by atoms with Crippen molar-refractivity contribution in [2.45, 2.75) is 68.2 Å². The summed E-state index contributed by atoms with van der Waals surface area (Å²) in [6.07, 6.45) is 2.70. The van der Waals surface area contributed by atoms with Crippen molar-refractivity contribution in [3.63, 3.8) is 0 Å². The Morgan fingerprint density at radius 3 is 1.12 bits per heavy atom. The molecule has 0 heterocycles. The minimum Gasteiger partial charge on any atom is -0.0648 e. The van der Waals surface area contributed by atoms with E-state index in [1.165, 1.54) is 12.8 Å². The predicted molar refractivity (Wildman–Crippen MR) is 73.5 cm³/mol. The Morgan fingerprint density at radius 1 is 0.750 bits per heavy atom. The second-order valence-electron chi connectivity index (χ2n) is 6.68. The first kappa shape index (κ1) is 14.1. The lowest BCUT2D eigenvalue weighted by Crippen LogP contribution is -2.66. The first-order valence-corrected chi connectivity index (χ1v) is 7.32. The van der Waals surface area contributed by atoms with Crippen molar-refractivity contribution < 1.29 is 0 Å². The van der Waals surface area contributed by atoms with E-state index >= 15 is 0 Å². The van der Waals surface area contributed by atoms with Crippen LogP contribution in [-0.2, 0) is 0 Å². The highest BCUT2D eigenvalue weighted by Crippen LogP contribution is 2.71. The second kappa shape index (κ2) is 4.35. The molecule has 0 spiro atoms. The van der Waals surface area contributed by atoms with Crippen molar-refractivity contribution >= 4 is 0 Å². The maximum absolute atomic E-state index is 2.52. The molecule has 0 N–H and O–H groups in total. The first-order valence-electron chi connectivity index (χ1n) is 7.32. The van der Waals surface area contributed by atoms with Gasteiger partial charge in [0, 0.05) is 0 Å². The normalized spacial score (nSPS) is 43.9. The first-order chi connectivity index (χ1) is 7.32. The molecule has 96 valence electrons. The van der Waals surface area contributed by atoms with Crippen LogP contribution in [0, 0.1) is 34.5 Å². The average molecular weight is 224 g/mol. The predicted octanol–water partition coefficient (Wildman–Crippen LogP) is 5.38. The molecular formula is C16H32. The Bertz CT molecular complexity index is 202. The molecule has 0 saturated heterocycles. The highest BCUT2D eigenvalue weighted by Gasteiger charge is 2.66. The zero-order valence-corrected chi connectivity index (χ0v) is 12.7. The van der Waals surface area contributed by atoms with Crippen molar-refractivity contribution in [3.05, 3.63) is 0 Å². The van der Waals surface area contributed by atoms with Gasteiger partial charge in [-0.15, -0.1) is 0 Å². The number of hydrogen-bond donors (Lipinski definition) is 0. The molecule has 0 aromatic heterocycles. The van der Waals surface area contributed by atoms with Gasteiger partial charge in [0.2, 0.25) is 0 Å². The lowest BCUT2D eigenvalue weighted by Gasteiger charge is -2.71. The van der Waals surface area contributed by atoms with Gasteiger partial charge in [-0.25, -0.2) is 0 Å². The molecule has 0 aromatic carbocycles. The van der Waals surface area contributed by atoms with E-state index in [-0.39, 0.29) is 0 Å². The monoisotopic (exact) mass is 224 g/mol. The Morgan fingerprint density at radius 2 is 1.00 bits per heavy atom. The fourth-order valence-electron chi connectivity index (χ4n) is 5.70. The molecule has 1 rings (SSSR count). The molecule has 0 aromatic rings. The third-order valence-corrected chi connectivity index (χ3v) is 6.60. The van der Waals surface area contributed by atoms with Gasteiger partial charge in [-0.1, -0.05) is 55.4 Å². The standard InChI is InChI=1S/C16H32/c1-9-15(11(3)4)13(7)16(10-2,12(5)6)14(15)8/h11-14H,9-10H2,1-8H3. The van der Waals surface area contributed by atoms with Gasteiger partial charge >= 0.3 is 0 Å². The zero-order chi connectivity index (χ0) is 12.7. The van der Waals surface area contributed by atoms with Crippen LogP contribution in [0.25, 0.3) is 0 Å². The summed E-state index contributed by atoms with van der Waals surface area (Å²) < 4.78 is 0. The third kappa shape index (κ3) is 1.34. The van der Waals surface area contributed by atoms with Crippen molar-refractivity contribution in [1.82, 2.24) is 0 Å². The van der Waals surface area contributed by atoms with E-state index in [0.717, 1.165) is 23.7 Å². The smallest absolute Gasteiger partial charge is 0.0215 e. The Hall–Kier alpha value is 0. The Balaban J connectivity index is 3.09. The van der Waals surface area contributed by atoms with Crippen molar-refractivity contribution in [3.8, 4) is 0 Å². The highest BCUT2D eigenvalue weighted by atomic mass is 14.7. The van der Waals surface area contributed by atoms with Gasteiger partial charge in [0.1, 0.15) is 0 Å². The van der Waals surface area contributed by atoms with E-state index < -0.39 is 0 Å². The molecule has 0 bridgehead atoms.